The quantitative estimate of drug-likeness (QED) is 0.791. The van der Waals surface area contributed by atoms with Crippen molar-refractivity contribution in [2.45, 2.75) is 70.2 Å². The lowest BCUT2D eigenvalue weighted by Gasteiger charge is -2.11. The van der Waals surface area contributed by atoms with Gasteiger partial charge in [-0.1, -0.05) is 0 Å². The fourth-order valence-corrected chi connectivity index (χ4v) is 3.13. The third-order valence-electron chi connectivity index (χ3n) is 4.15. The van der Waals surface area contributed by atoms with E-state index >= 15 is 0 Å². The van der Waals surface area contributed by atoms with Gasteiger partial charge in [0.05, 0.1) is 18.8 Å². The lowest BCUT2D eigenvalue weighted by Crippen LogP contribution is -2.25. The average Bonchev–Trinajstić information content (AvgIpc) is 3.10. The molecule has 1 saturated carbocycles. The molecule has 2 N–H and O–H groups in total. The fraction of sp³-hybridized carbons (Fsp3) is 0.786. The van der Waals surface area contributed by atoms with E-state index in [2.05, 4.69) is 22.4 Å². The van der Waals surface area contributed by atoms with Crippen LogP contribution in [-0.4, -0.2) is 32.9 Å². The third kappa shape index (κ3) is 3.71. The Morgan fingerprint density at radius 3 is 2.95 bits per heavy atom. The maximum absolute atomic E-state index is 11.9. The van der Waals surface area contributed by atoms with E-state index in [-0.39, 0.29) is 12.0 Å². The maximum atomic E-state index is 11.9. The van der Waals surface area contributed by atoms with Crippen LogP contribution in [-0.2, 0) is 16.1 Å². The molecular formula is C14H22N4O2S. The van der Waals surface area contributed by atoms with E-state index in [1.165, 1.54) is 0 Å². The summed E-state index contributed by atoms with van der Waals surface area (Å²) >= 11 is 5.22. The van der Waals surface area contributed by atoms with E-state index in [0.717, 1.165) is 37.9 Å². The van der Waals surface area contributed by atoms with E-state index in [1.54, 1.807) is 0 Å². The molecule has 0 radical (unpaired) electrons. The second kappa shape index (κ2) is 6.27. The predicted octanol–water partition coefficient (Wildman–Crippen LogP) is 2.24. The number of aromatic amines is 1. The Balaban J connectivity index is 1.44. The highest BCUT2D eigenvalue weighted by atomic mass is 32.1. The number of aromatic nitrogens is 3. The van der Waals surface area contributed by atoms with Crippen LogP contribution < -0.4 is 5.32 Å². The standard InChI is InChI=1S/C14H22N4O2S/c1-9-2-5-11(20-9)6-7-13(19)15-8-12-16-17-14(21)18(12)10-3-4-10/h9-11H,2-8H2,1H3,(H,15,19)(H,17,21)/t9-,11-/m1/s1. The molecule has 1 aliphatic carbocycles. The van der Waals surface area contributed by atoms with Gasteiger partial charge in [0.1, 0.15) is 0 Å². The monoisotopic (exact) mass is 310 g/mol. The van der Waals surface area contributed by atoms with Gasteiger partial charge < -0.3 is 10.1 Å². The summed E-state index contributed by atoms with van der Waals surface area (Å²) in [5.74, 6) is 0.871. The van der Waals surface area contributed by atoms with Gasteiger partial charge in [-0.25, -0.2) is 0 Å². The number of H-pyrrole nitrogens is 1. The summed E-state index contributed by atoms with van der Waals surface area (Å²) in [4.78, 5) is 11.9. The van der Waals surface area contributed by atoms with E-state index in [1.807, 2.05) is 4.57 Å². The largest absolute Gasteiger partial charge is 0.375 e. The highest BCUT2D eigenvalue weighted by Gasteiger charge is 2.27. The van der Waals surface area contributed by atoms with Gasteiger partial charge in [-0.05, 0) is 51.2 Å². The molecule has 0 aromatic carbocycles. The average molecular weight is 310 g/mol. The van der Waals surface area contributed by atoms with Crippen LogP contribution in [0.2, 0.25) is 0 Å². The van der Waals surface area contributed by atoms with Crippen LogP contribution in [0.15, 0.2) is 0 Å². The van der Waals surface area contributed by atoms with Crippen LogP contribution in [0.4, 0.5) is 0 Å². The zero-order chi connectivity index (χ0) is 14.8. The number of ether oxygens (including phenoxy) is 1. The van der Waals surface area contributed by atoms with Crippen molar-refractivity contribution in [3.8, 4) is 0 Å². The molecule has 1 aliphatic heterocycles. The van der Waals surface area contributed by atoms with Crippen molar-refractivity contribution in [2.75, 3.05) is 0 Å². The Bertz CT molecular complexity index is 564. The molecule has 1 aromatic heterocycles. The number of amides is 1. The molecule has 0 unspecified atom stereocenters. The van der Waals surface area contributed by atoms with Crippen molar-refractivity contribution in [1.82, 2.24) is 20.1 Å². The number of carbonyl (C=O) groups excluding carboxylic acids is 1. The summed E-state index contributed by atoms with van der Waals surface area (Å²) in [5.41, 5.74) is 0. The predicted molar refractivity (Wildman–Crippen MR) is 80.3 cm³/mol. The number of nitrogens with zero attached hydrogens (tertiary/aromatic N) is 2. The summed E-state index contributed by atoms with van der Waals surface area (Å²) in [7, 11) is 0. The Morgan fingerprint density at radius 1 is 1.48 bits per heavy atom. The maximum Gasteiger partial charge on any atom is 0.220 e. The van der Waals surface area contributed by atoms with Crippen molar-refractivity contribution in [2.24, 2.45) is 0 Å². The Hall–Kier alpha value is -1.21. The van der Waals surface area contributed by atoms with Gasteiger partial charge in [0, 0.05) is 12.5 Å². The Labute approximate surface area is 129 Å². The fourth-order valence-electron chi connectivity index (χ4n) is 2.83. The number of rotatable bonds is 6. The molecule has 1 amide bonds. The van der Waals surface area contributed by atoms with Crippen LogP contribution >= 0.6 is 12.2 Å². The minimum atomic E-state index is 0.0504. The third-order valence-corrected chi connectivity index (χ3v) is 4.43. The molecule has 0 bridgehead atoms. The van der Waals surface area contributed by atoms with Gasteiger partial charge in [-0.15, -0.1) is 0 Å². The van der Waals surface area contributed by atoms with Crippen molar-refractivity contribution in [1.29, 1.82) is 0 Å². The van der Waals surface area contributed by atoms with Gasteiger partial charge >= 0.3 is 0 Å². The normalized spacial score (nSPS) is 25.2. The molecule has 7 heteroatoms. The molecule has 2 atom stereocenters. The molecule has 2 heterocycles. The smallest absolute Gasteiger partial charge is 0.220 e. The van der Waals surface area contributed by atoms with Crippen LogP contribution in [0, 0.1) is 4.77 Å². The summed E-state index contributed by atoms with van der Waals surface area (Å²) in [6.07, 6.45) is 6.34. The number of carbonyl (C=O) groups is 1. The topological polar surface area (TPSA) is 71.9 Å². The minimum Gasteiger partial charge on any atom is -0.375 e. The molecule has 2 aliphatic rings. The highest BCUT2D eigenvalue weighted by Crippen LogP contribution is 2.35. The highest BCUT2D eigenvalue weighted by molar-refractivity contribution is 7.71. The zero-order valence-corrected chi connectivity index (χ0v) is 13.1. The lowest BCUT2D eigenvalue weighted by molar-refractivity contribution is -0.122. The molecule has 2 fully saturated rings. The van der Waals surface area contributed by atoms with Gasteiger partial charge in [0.15, 0.2) is 10.6 Å². The molecule has 3 rings (SSSR count). The molecule has 1 saturated heterocycles. The summed E-state index contributed by atoms with van der Waals surface area (Å²) < 4.78 is 8.39. The van der Waals surface area contributed by atoms with E-state index in [4.69, 9.17) is 17.0 Å². The first-order valence-electron chi connectivity index (χ1n) is 7.71. The Kier molecular flexibility index (Phi) is 4.40. The summed E-state index contributed by atoms with van der Waals surface area (Å²) in [5, 5.41) is 9.94. The second-order valence-corrected chi connectivity index (χ2v) is 6.39. The first-order valence-corrected chi connectivity index (χ1v) is 8.12. The number of hydrogen-bond donors (Lipinski definition) is 2. The van der Waals surface area contributed by atoms with Crippen molar-refractivity contribution >= 4 is 18.1 Å². The minimum absolute atomic E-state index is 0.0504. The second-order valence-electron chi connectivity index (χ2n) is 6.01. The SMILES string of the molecule is C[C@@H]1CC[C@H](CCC(=O)NCc2n[nH]c(=S)n2C2CC2)O1. The molecule has 6 nitrogen and oxygen atoms in total. The number of hydrogen-bond acceptors (Lipinski definition) is 4. The van der Waals surface area contributed by atoms with Crippen molar-refractivity contribution < 1.29 is 9.53 Å². The molecule has 116 valence electrons. The molecule has 21 heavy (non-hydrogen) atoms. The van der Waals surface area contributed by atoms with Gasteiger partial charge in [-0.2, -0.15) is 5.10 Å². The van der Waals surface area contributed by atoms with Crippen LogP contribution in [0.5, 0.6) is 0 Å². The first-order chi connectivity index (χ1) is 10.1. The van der Waals surface area contributed by atoms with E-state index in [9.17, 15) is 4.79 Å². The van der Waals surface area contributed by atoms with E-state index in [0.29, 0.717) is 29.9 Å². The summed E-state index contributed by atoms with van der Waals surface area (Å²) in [6, 6.07) is 0.469. The van der Waals surface area contributed by atoms with Crippen LogP contribution in [0.25, 0.3) is 0 Å². The summed E-state index contributed by atoms with van der Waals surface area (Å²) in [6.45, 7) is 2.52. The molecule has 1 aromatic rings. The van der Waals surface area contributed by atoms with Crippen molar-refractivity contribution in [3.05, 3.63) is 10.6 Å². The van der Waals surface area contributed by atoms with Gasteiger partial charge in [0.2, 0.25) is 5.91 Å². The van der Waals surface area contributed by atoms with Crippen LogP contribution in [0.1, 0.15) is 57.3 Å². The lowest BCUT2D eigenvalue weighted by atomic mass is 10.1. The van der Waals surface area contributed by atoms with Crippen LogP contribution in [0.3, 0.4) is 0 Å². The van der Waals surface area contributed by atoms with Gasteiger partial charge in [0.25, 0.3) is 0 Å². The molecular weight excluding hydrogens is 288 g/mol. The molecule has 0 spiro atoms. The number of nitrogens with one attached hydrogen (secondary N) is 2. The van der Waals surface area contributed by atoms with Gasteiger partial charge in [-0.3, -0.25) is 14.5 Å². The Morgan fingerprint density at radius 2 is 2.29 bits per heavy atom. The van der Waals surface area contributed by atoms with E-state index < -0.39 is 0 Å². The van der Waals surface area contributed by atoms with Crippen molar-refractivity contribution in [3.63, 3.8) is 0 Å². The zero-order valence-electron chi connectivity index (χ0n) is 12.3. The first kappa shape index (κ1) is 14.7.